The molecule has 6 aromatic rings. The van der Waals surface area contributed by atoms with Gasteiger partial charge in [0.2, 0.25) is 11.8 Å². The number of nitrogens with zero attached hydrogens (tertiary/aromatic N) is 8. The van der Waals surface area contributed by atoms with Gasteiger partial charge in [-0.15, -0.1) is 10.2 Å². The summed E-state index contributed by atoms with van der Waals surface area (Å²) in [5.74, 6) is 1.93. The van der Waals surface area contributed by atoms with Crippen molar-refractivity contribution in [2.24, 2.45) is 23.7 Å². The summed E-state index contributed by atoms with van der Waals surface area (Å²) in [6.45, 7) is 20.0. The second kappa shape index (κ2) is 30.7. The topological polar surface area (TPSA) is 189 Å². The predicted octanol–water partition coefficient (Wildman–Crippen LogP) is 12.5. The van der Waals surface area contributed by atoms with E-state index in [-0.39, 0.29) is 72.5 Å². The highest BCUT2D eigenvalue weighted by Crippen LogP contribution is 2.43. The van der Waals surface area contributed by atoms with Crippen LogP contribution >= 0.6 is 0 Å². The minimum absolute atomic E-state index is 0.0813. The number of carbonyl (C=O) groups excluding carboxylic acids is 6. The molecule has 16 heteroatoms. The number of carbonyl (C=O) groups is 6. The number of para-hydroxylation sites is 2. The van der Waals surface area contributed by atoms with Crippen molar-refractivity contribution < 1.29 is 38.2 Å². The molecular formula is C66H84N8O8. The van der Waals surface area contributed by atoms with Crippen LogP contribution in [0.5, 0.6) is 0 Å². The Bertz CT molecular complexity index is 3140. The van der Waals surface area contributed by atoms with Gasteiger partial charge in [0, 0.05) is 99.7 Å². The van der Waals surface area contributed by atoms with Crippen molar-refractivity contribution in [1.29, 1.82) is 0 Å². The molecule has 0 fully saturated rings. The van der Waals surface area contributed by atoms with E-state index in [0.29, 0.717) is 122 Å². The molecule has 0 radical (unpaired) electrons. The normalized spacial score (nSPS) is 12.5. The molecule has 0 saturated carbocycles. The molecule has 2 aliphatic heterocycles. The molecule has 2 aliphatic rings. The van der Waals surface area contributed by atoms with Gasteiger partial charge < -0.3 is 19.3 Å². The van der Waals surface area contributed by atoms with Gasteiger partial charge in [0.1, 0.15) is 34.5 Å². The third kappa shape index (κ3) is 17.4. The van der Waals surface area contributed by atoms with Gasteiger partial charge in [-0.05, 0) is 59.8 Å². The number of hydrogen-bond donors (Lipinski definition) is 0. The fourth-order valence-corrected chi connectivity index (χ4v) is 10.6. The second-order valence-corrected chi connectivity index (χ2v) is 23.3. The van der Waals surface area contributed by atoms with Crippen LogP contribution in [0.4, 0.5) is 11.4 Å². The molecule has 436 valence electrons. The van der Waals surface area contributed by atoms with Gasteiger partial charge in [-0.1, -0.05) is 151 Å². The van der Waals surface area contributed by atoms with Gasteiger partial charge in [-0.25, -0.2) is 9.36 Å². The van der Waals surface area contributed by atoms with Crippen LogP contribution in [-0.2, 0) is 64.4 Å². The largest absolute Gasteiger partial charge is 0.380 e. The standard InChI is InChI=1S/2C33H42N4O4/c1-23(2)20-26(38)11-9-18-41-19-17-37-33-28-12-6-5-10-25(28)22-36(31(40)16-15-27(39)21-24(3)4)30-14-8-7-13-29(30)32(33)34-35-37;1-23(2)20-26(38)11-9-18-41-19-17-37-33-29-13-7-8-14-30(29)36(31(40)16-15-27(39)21-24(3)4)22-25-10-5-6-12-28(25)32(33)34-35-37/h2*5-8,10,12-14,23-24H,9,11,15-22H2,1-4H3. The summed E-state index contributed by atoms with van der Waals surface area (Å²) in [4.78, 5) is 79.5. The fourth-order valence-electron chi connectivity index (χ4n) is 10.6. The van der Waals surface area contributed by atoms with Crippen LogP contribution < -0.4 is 9.80 Å². The second-order valence-electron chi connectivity index (χ2n) is 23.3. The molecule has 0 bridgehead atoms. The van der Waals surface area contributed by atoms with E-state index >= 15 is 0 Å². The minimum Gasteiger partial charge on any atom is -0.380 e. The number of hydrogen-bond acceptors (Lipinski definition) is 12. The van der Waals surface area contributed by atoms with Gasteiger partial charge in [-0.2, -0.15) is 0 Å². The van der Waals surface area contributed by atoms with Crippen LogP contribution in [0.3, 0.4) is 0 Å². The number of Topliss-reactive ketones (excluding diaryl/α,β-unsaturated/α-hetero) is 4. The first-order valence-corrected chi connectivity index (χ1v) is 29.5. The Morgan fingerprint density at radius 1 is 0.415 bits per heavy atom. The molecule has 0 aliphatic carbocycles. The van der Waals surface area contributed by atoms with Crippen molar-refractivity contribution in [1.82, 2.24) is 30.0 Å². The molecule has 0 saturated heterocycles. The number of aromatic nitrogens is 6. The lowest BCUT2D eigenvalue weighted by Crippen LogP contribution is -2.32. The molecule has 4 heterocycles. The van der Waals surface area contributed by atoms with Crippen LogP contribution in [0.1, 0.15) is 144 Å². The Kier molecular flexibility index (Phi) is 23.3. The van der Waals surface area contributed by atoms with Crippen LogP contribution in [0.15, 0.2) is 97.1 Å². The van der Waals surface area contributed by atoms with E-state index in [1.54, 1.807) is 9.80 Å². The van der Waals surface area contributed by atoms with E-state index in [1.807, 2.05) is 134 Å². The zero-order chi connectivity index (χ0) is 58.7. The van der Waals surface area contributed by atoms with E-state index in [1.165, 1.54) is 0 Å². The number of ketones is 4. The summed E-state index contributed by atoms with van der Waals surface area (Å²) in [6.07, 6.45) is 5.50. The lowest BCUT2D eigenvalue weighted by molar-refractivity contribution is -0.124. The molecule has 4 aromatic carbocycles. The summed E-state index contributed by atoms with van der Waals surface area (Å²) in [5.41, 5.74) is 10.3. The number of amides is 2. The zero-order valence-electron chi connectivity index (χ0n) is 49.5. The number of benzene rings is 4. The number of rotatable bonds is 28. The molecule has 2 amide bonds. The SMILES string of the molecule is CC(C)CC(=O)CCCOCCn1nnc2c1-c1ccccc1CN(C(=O)CCC(=O)CC(C)C)c1ccccc1-2.CC(C)CC(=O)CCCOCCn1nnc2c1-c1ccccc1N(C(=O)CCC(=O)CC(C)C)Cc1ccccc1-2. The molecule has 0 spiro atoms. The fraction of sp³-hybridized carbons (Fsp3) is 0.485. The molecule has 0 N–H and O–H groups in total. The zero-order valence-corrected chi connectivity index (χ0v) is 49.5. The van der Waals surface area contributed by atoms with E-state index < -0.39 is 0 Å². The molecule has 82 heavy (non-hydrogen) atoms. The van der Waals surface area contributed by atoms with Gasteiger partial charge in [0.05, 0.1) is 62.2 Å². The third-order valence-corrected chi connectivity index (χ3v) is 14.3. The monoisotopic (exact) mass is 1120 g/mol. The Balaban J connectivity index is 0.000000236. The maximum Gasteiger partial charge on any atom is 0.227 e. The highest BCUT2D eigenvalue weighted by molar-refractivity contribution is 6.02. The molecule has 0 unspecified atom stereocenters. The number of ether oxygens (including phenoxy) is 2. The first-order valence-electron chi connectivity index (χ1n) is 29.5. The maximum atomic E-state index is 13.6. The van der Waals surface area contributed by atoms with E-state index in [4.69, 9.17) is 9.47 Å². The quantitative estimate of drug-likeness (QED) is 0.0423. The smallest absolute Gasteiger partial charge is 0.227 e. The number of fused-ring (bicyclic) bond motifs is 10. The lowest BCUT2D eigenvalue weighted by atomic mass is 9.95. The average molecular weight is 1120 g/mol. The third-order valence-electron chi connectivity index (χ3n) is 14.3. The van der Waals surface area contributed by atoms with Crippen LogP contribution in [0, 0.1) is 23.7 Å². The lowest BCUT2D eigenvalue weighted by Gasteiger charge is -2.28. The van der Waals surface area contributed by atoms with Crippen molar-refractivity contribution in [3.8, 4) is 45.0 Å². The van der Waals surface area contributed by atoms with Crippen molar-refractivity contribution >= 4 is 46.3 Å². The first kappa shape index (κ1) is 62.3. The van der Waals surface area contributed by atoms with Crippen LogP contribution in [0.2, 0.25) is 0 Å². The summed E-state index contributed by atoms with van der Waals surface area (Å²) in [7, 11) is 0. The van der Waals surface area contributed by atoms with Gasteiger partial charge in [-0.3, -0.25) is 28.8 Å². The molecular weight excluding hydrogens is 1030 g/mol. The van der Waals surface area contributed by atoms with Crippen molar-refractivity contribution in [2.75, 3.05) is 36.2 Å². The number of anilines is 2. The molecule has 2 aromatic heterocycles. The summed E-state index contributed by atoms with van der Waals surface area (Å²) in [6, 6.07) is 31.6. The van der Waals surface area contributed by atoms with Crippen LogP contribution in [-0.4, -0.2) is 91.4 Å². The predicted molar refractivity (Wildman–Crippen MR) is 321 cm³/mol. The Labute approximate surface area is 484 Å². The van der Waals surface area contributed by atoms with E-state index in [2.05, 4.69) is 48.3 Å². The highest BCUT2D eigenvalue weighted by atomic mass is 16.5. The summed E-state index contributed by atoms with van der Waals surface area (Å²) in [5, 5.41) is 18.2. The van der Waals surface area contributed by atoms with E-state index in [0.717, 1.165) is 61.8 Å². The van der Waals surface area contributed by atoms with Crippen molar-refractivity contribution in [2.45, 2.75) is 159 Å². The van der Waals surface area contributed by atoms with Crippen molar-refractivity contribution in [3.63, 3.8) is 0 Å². The first-order chi connectivity index (χ1) is 39.5. The molecule has 8 rings (SSSR count). The van der Waals surface area contributed by atoms with Gasteiger partial charge in [0.25, 0.3) is 0 Å². The Morgan fingerprint density at radius 2 is 0.768 bits per heavy atom. The minimum atomic E-state index is -0.0829. The highest BCUT2D eigenvalue weighted by Gasteiger charge is 2.31. The summed E-state index contributed by atoms with van der Waals surface area (Å²) >= 11 is 0. The maximum absolute atomic E-state index is 13.6. The van der Waals surface area contributed by atoms with E-state index in [9.17, 15) is 28.8 Å². The molecule has 16 nitrogen and oxygen atoms in total. The Hall–Kier alpha value is -7.30. The molecule has 0 atom stereocenters. The Morgan fingerprint density at radius 3 is 1.23 bits per heavy atom. The van der Waals surface area contributed by atoms with Gasteiger partial charge in [0.15, 0.2) is 0 Å². The van der Waals surface area contributed by atoms with Crippen LogP contribution in [0.25, 0.3) is 45.0 Å². The van der Waals surface area contributed by atoms with Gasteiger partial charge >= 0.3 is 0 Å². The van der Waals surface area contributed by atoms with Crippen molar-refractivity contribution in [3.05, 3.63) is 108 Å². The summed E-state index contributed by atoms with van der Waals surface area (Å²) < 4.78 is 15.4. The average Bonchev–Trinajstić information content (AvgIpc) is 3.52.